The molecule has 0 spiro atoms. The average molecular weight is 170 g/mol. The minimum Gasteiger partial charge on any atom is -0.393 e. The normalized spacial score (nSPS) is 27.0. The van der Waals surface area contributed by atoms with Crippen LogP contribution in [0.15, 0.2) is 0 Å². The zero-order chi connectivity index (χ0) is 9.19. The van der Waals surface area contributed by atoms with Crippen LogP contribution in [0.25, 0.3) is 0 Å². The number of aliphatic hydroxyl groups is 1. The quantitative estimate of drug-likeness (QED) is 0.675. The highest BCUT2D eigenvalue weighted by molar-refractivity contribution is 4.81. The lowest BCUT2D eigenvalue weighted by Crippen LogP contribution is -2.28. The molecule has 1 fully saturated rings. The molecule has 72 valence electrons. The van der Waals surface area contributed by atoms with Gasteiger partial charge in [0.2, 0.25) is 0 Å². The molecule has 0 aromatic rings. The van der Waals surface area contributed by atoms with E-state index in [1.165, 1.54) is 25.7 Å². The first-order chi connectivity index (χ1) is 5.55. The third kappa shape index (κ3) is 2.48. The van der Waals surface area contributed by atoms with Gasteiger partial charge in [-0.25, -0.2) is 0 Å². The molecule has 0 aromatic carbocycles. The Morgan fingerprint density at radius 2 is 1.83 bits per heavy atom. The van der Waals surface area contributed by atoms with E-state index in [2.05, 4.69) is 20.8 Å². The van der Waals surface area contributed by atoms with Crippen LogP contribution in [0.5, 0.6) is 0 Å². The molecule has 0 radical (unpaired) electrons. The summed E-state index contributed by atoms with van der Waals surface area (Å²) in [6.07, 6.45) is 5.90. The Balaban J connectivity index is 2.36. The van der Waals surface area contributed by atoms with Gasteiger partial charge < -0.3 is 5.11 Å². The number of aliphatic hydroxyl groups excluding tert-OH is 1. The van der Waals surface area contributed by atoms with Crippen LogP contribution in [0.2, 0.25) is 0 Å². The molecule has 1 nitrogen and oxygen atoms in total. The second-order valence-corrected chi connectivity index (χ2v) is 4.98. The molecule has 0 saturated heterocycles. The Labute approximate surface area is 76.2 Å². The van der Waals surface area contributed by atoms with Crippen molar-refractivity contribution < 1.29 is 5.11 Å². The molecule has 1 heteroatoms. The summed E-state index contributed by atoms with van der Waals surface area (Å²) in [5, 5.41) is 9.65. The van der Waals surface area contributed by atoms with Gasteiger partial charge in [0.05, 0.1) is 6.10 Å². The molecule has 0 aromatic heterocycles. The van der Waals surface area contributed by atoms with E-state index in [1.807, 2.05) is 0 Å². The van der Waals surface area contributed by atoms with Crippen LogP contribution in [0.4, 0.5) is 0 Å². The van der Waals surface area contributed by atoms with E-state index < -0.39 is 0 Å². The monoisotopic (exact) mass is 170 g/mol. The van der Waals surface area contributed by atoms with Crippen LogP contribution in [0.1, 0.15) is 52.9 Å². The van der Waals surface area contributed by atoms with Crippen molar-refractivity contribution in [1.29, 1.82) is 0 Å². The second kappa shape index (κ2) is 3.78. The van der Waals surface area contributed by atoms with Crippen molar-refractivity contribution in [1.82, 2.24) is 0 Å². The summed E-state index contributed by atoms with van der Waals surface area (Å²) in [6.45, 7) is 6.74. The van der Waals surface area contributed by atoms with E-state index in [0.29, 0.717) is 11.3 Å². The molecule has 1 aliphatic rings. The third-order valence-corrected chi connectivity index (χ3v) is 3.35. The van der Waals surface area contributed by atoms with Crippen LogP contribution in [-0.4, -0.2) is 11.2 Å². The van der Waals surface area contributed by atoms with Crippen molar-refractivity contribution in [2.24, 2.45) is 11.3 Å². The van der Waals surface area contributed by atoms with Crippen molar-refractivity contribution >= 4 is 0 Å². The van der Waals surface area contributed by atoms with Crippen molar-refractivity contribution in [3.8, 4) is 0 Å². The summed E-state index contributed by atoms with van der Waals surface area (Å²) in [7, 11) is 0. The van der Waals surface area contributed by atoms with Gasteiger partial charge in [0.1, 0.15) is 0 Å². The van der Waals surface area contributed by atoms with Gasteiger partial charge in [-0.2, -0.15) is 0 Å². The summed E-state index contributed by atoms with van der Waals surface area (Å²) >= 11 is 0. The fourth-order valence-corrected chi connectivity index (χ4v) is 2.14. The SMILES string of the molecule is CC[C@@H](O)C1CCC(C)(C)CC1. The first-order valence-corrected chi connectivity index (χ1v) is 5.23. The topological polar surface area (TPSA) is 20.2 Å². The van der Waals surface area contributed by atoms with Gasteiger partial charge in [-0.05, 0) is 43.4 Å². The van der Waals surface area contributed by atoms with Gasteiger partial charge >= 0.3 is 0 Å². The van der Waals surface area contributed by atoms with E-state index in [9.17, 15) is 5.11 Å². The van der Waals surface area contributed by atoms with Gasteiger partial charge in [-0.3, -0.25) is 0 Å². The standard InChI is InChI=1S/C11H22O/c1-4-10(12)9-5-7-11(2,3)8-6-9/h9-10,12H,4-8H2,1-3H3/t10-/m1/s1. The summed E-state index contributed by atoms with van der Waals surface area (Å²) in [5.41, 5.74) is 0.532. The van der Waals surface area contributed by atoms with Gasteiger partial charge in [0, 0.05) is 0 Å². The predicted molar refractivity (Wildman–Crippen MR) is 52.0 cm³/mol. The minimum atomic E-state index is -0.0406. The van der Waals surface area contributed by atoms with Crippen LogP contribution < -0.4 is 0 Å². The number of hydrogen-bond donors (Lipinski definition) is 1. The molecule has 1 saturated carbocycles. The fourth-order valence-electron chi connectivity index (χ4n) is 2.14. The van der Waals surface area contributed by atoms with Gasteiger partial charge in [0.25, 0.3) is 0 Å². The maximum Gasteiger partial charge on any atom is 0.0565 e. The zero-order valence-corrected chi connectivity index (χ0v) is 8.64. The zero-order valence-electron chi connectivity index (χ0n) is 8.64. The summed E-state index contributed by atoms with van der Waals surface area (Å²) in [6, 6.07) is 0. The molecule has 1 N–H and O–H groups in total. The van der Waals surface area contributed by atoms with E-state index in [-0.39, 0.29) is 6.10 Å². The highest BCUT2D eigenvalue weighted by Crippen LogP contribution is 2.39. The number of hydrogen-bond acceptors (Lipinski definition) is 1. The molecule has 0 heterocycles. The Hall–Kier alpha value is -0.0400. The van der Waals surface area contributed by atoms with Gasteiger partial charge in [-0.1, -0.05) is 20.8 Å². The summed E-state index contributed by atoms with van der Waals surface area (Å²) < 4.78 is 0. The molecule has 1 atom stereocenters. The van der Waals surface area contributed by atoms with E-state index in [4.69, 9.17) is 0 Å². The van der Waals surface area contributed by atoms with Crippen LogP contribution in [0, 0.1) is 11.3 Å². The molecule has 0 bridgehead atoms. The van der Waals surface area contributed by atoms with Crippen LogP contribution in [0.3, 0.4) is 0 Å². The summed E-state index contributed by atoms with van der Waals surface area (Å²) in [4.78, 5) is 0. The maximum atomic E-state index is 9.65. The molecule has 1 aliphatic carbocycles. The van der Waals surface area contributed by atoms with E-state index >= 15 is 0 Å². The van der Waals surface area contributed by atoms with Crippen molar-refractivity contribution in [3.05, 3.63) is 0 Å². The maximum absolute atomic E-state index is 9.65. The summed E-state index contributed by atoms with van der Waals surface area (Å²) in [5.74, 6) is 0.586. The van der Waals surface area contributed by atoms with E-state index in [1.54, 1.807) is 0 Å². The average Bonchev–Trinajstić information content (AvgIpc) is 2.03. The lowest BCUT2D eigenvalue weighted by atomic mass is 9.71. The highest BCUT2D eigenvalue weighted by Gasteiger charge is 2.29. The van der Waals surface area contributed by atoms with Crippen LogP contribution >= 0.6 is 0 Å². The predicted octanol–water partition coefficient (Wildman–Crippen LogP) is 2.97. The molecular formula is C11H22O. The first kappa shape index (κ1) is 10.0. The second-order valence-electron chi connectivity index (χ2n) is 4.98. The van der Waals surface area contributed by atoms with Crippen LogP contribution in [-0.2, 0) is 0 Å². The molecule has 12 heavy (non-hydrogen) atoms. The van der Waals surface area contributed by atoms with Crippen molar-refractivity contribution in [2.45, 2.75) is 59.0 Å². The fraction of sp³-hybridized carbons (Fsp3) is 1.00. The lowest BCUT2D eigenvalue weighted by Gasteiger charge is -2.36. The Kier molecular flexibility index (Phi) is 3.16. The molecule has 0 unspecified atom stereocenters. The van der Waals surface area contributed by atoms with Crippen molar-refractivity contribution in [2.75, 3.05) is 0 Å². The van der Waals surface area contributed by atoms with Gasteiger partial charge in [0.15, 0.2) is 0 Å². The first-order valence-electron chi connectivity index (χ1n) is 5.23. The lowest BCUT2D eigenvalue weighted by molar-refractivity contribution is 0.0549. The smallest absolute Gasteiger partial charge is 0.0565 e. The van der Waals surface area contributed by atoms with Gasteiger partial charge in [-0.15, -0.1) is 0 Å². The molecule has 0 aliphatic heterocycles. The van der Waals surface area contributed by atoms with Crippen molar-refractivity contribution in [3.63, 3.8) is 0 Å². The molecule has 0 amide bonds. The molecular weight excluding hydrogens is 148 g/mol. The Bertz CT molecular complexity index is 130. The largest absolute Gasteiger partial charge is 0.393 e. The highest BCUT2D eigenvalue weighted by atomic mass is 16.3. The number of rotatable bonds is 2. The third-order valence-electron chi connectivity index (χ3n) is 3.35. The Morgan fingerprint density at radius 3 is 2.25 bits per heavy atom. The molecule has 1 rings (SSSR count). The Morgan fingerprint density at radius 1 is 1.33 bits per heavy atom. The van der Waals surface area contributed by atoms with E-state index in [0.717, 1.165) is 6.42 Å². The minimum absolute atomic E-state index is 0.0406.